The topological polar surface area (TPSA) is 52.6 Å². The molecule has 2 N–H and O–H groups in total. The van der Waals surface area contributed by atoms with Crippen molar-refractivity contribution in [2.24, 2.45) is 5.92 Å². The molecule has 0 aromatic carbocycles. The van der Waals surface area contributed by atoms with Gasteiger partial charge in [-0.25, -0.2) is 0 Å². The van der Waals surface area contributed by atoms with Crippen molar-refractivity contribution >= 4 is 5.91 Å². The highest BCUT2D eigenvalue weighted by Gasteiger charge is 2.50. The Morgan fingerprint density at radius 3 is 2.25 bits per heavy atom. The quantitative estimate of drug-likeness (QED) is 0.821. The van der Waals surface area contributed by atoms with Gasteiger partial charge in [-0.15, -0.1) is 0 Å². The molecule has 1 saturated heterocycles. The number of rotatable bonds is 4. The van der Waals surface area contributed by atoms with Gasteiger partial charge in [0.2, 0.25) is 5.91 Å². The van der Waals surface area contributed by atoms with Gasteiger partial charge in [0.05, 0.1) is 6.54 Å². The number of likely N-dealkylation sites (tertiary alicyclic amines) is 1. The van der Waals surface area contributed by atoms with Gasteiger partial charge >= 0.3 is 6.18 Å². The second-order valence-corrected chi connectivity index (χ2v) is 6.03. The molecule has 2 aliphatic rings. The summed E-state index contributed by atoms with van der Waals surface area (Å²) in [7, 11) is 0. The van der Waals surface area contributed by atoms with Gasteiger partial charge in [-0.3, -0.25) is 4.79 Å². The van der Waals surface area contributed by atoms with Gasteiger partial charge in [0.25, 0.3) is 0 Å². The van der Waals surface area contributed by atoms with E-state index < -0.39 is 18.3 Å². The molecule has 1 aliphatic heterocycles. The van der Waals surface area contributed by atoms with Crippen LogP contribution in [0.1, 0.15) is 32.6 Å². The van der Waals surface area contributed by atoms with E-state index in [-0.39, 0.29) is 11.8 Å². The zero-order chi connectivity index (χ0) is 15.0. The Bertz CT molecular complexity index is 359. The van der Waals surface area contributed by atoms with Crippen LogP contribution >= 0.6 is 0 Å². The lowest BCUT2D eigenvalue weighted by molar-refractivity contribution is -0.250. The summed E-state index contributed by atoms with van der Waals surface area (Å²) in [5.74, 6) is -0.626. The van der Waals surface area contributed by atoms with Gasteiger partial charge in [-0.05, 0) is 45.7 Å². The smallest absolute Gasteiger partial charge is 0.379 e. The van der Waals surface area contributed by atoms with Crippen molar-refractivity contribution in [1.29, 1.82) is 0 Å². The molecule has 0 aromatic heterocycles. The molecular formula is C13H21F3N2O2. The summed E-state index contributed by atoms with van der Waals surface area (Å²) in [5.41, 5.74) is -2.88. The summed E-state index contributed by atoms with van der Waals surface area (Å²) in [6, 6.07) is 0.657. The van der Waals surface area contributed by atoms with Crippen LogP contribution in [0.2, 0.25) is 0 Å². The first-order valence-corrected chi connectivity index (χ1v) is 7.01. The van der Waals surface area contributed by atoms with E-state index in [2.05, 4.69) is 10.2 Å². The molecule has 2 fully saturated rings. The molecule has 116 valence electrons. The third kappa shape index (κ3) is 3.63. The molecule has 1 aliphatic carbocycles. The van der Waals surface area contributed by atoms with E-state index in [1.165, 1.54) is 12.8 Å². The second-order valence-electron chi connectivity index (χ2n) is 6.03. The van der Waals surface area contributed by atoms with Crippen molar-refractivity contribution in [3.63, 3.8) is 0 Å². The molecule has 1 unspecified atom stereocenters. The fourth-order valence-corrected chi connectivity index (χ4v) is 2.47. The molecule has 0 bridgehead atoms. The van der Waals surface area contributed by atoms with Crippen molar-refractivity contribution in [3.05, 3.63) is 0 Å². The molecule has 0 spiro atoms. The lowest BCUT2D eigenvalue weighted by Crippen LogP contribution is -2.52. The fourth-order valence-electron chi connectivity index (χ4n) is 2.47. The van der Waals surface area contributed by atoms with E-state index in [1.54, 1.807) is 0 Å². The number of hydrogen-bond donors (Lipinski definition) is 2. The summed E-state index contributed by atoms with van der Waals surface area (Å²) in [4.78, 5) is 14.2. The van der Waals surface area contributed by atoms with Crippen LogP contribution in [0, 0.1) is 5.92 Å². The lowest BCUT2D eigenvalue weighted by atomic mass is 9.95. The highest BCUT2D eigenvalue weighted by atomic mass is 19.4. The maximum absolute atomic E-state index is 12.5. The monoisotopic (exact) mass is 294 g/mol. The van der Waals surface area contributed by atoms with Gasteiger partial charge in [0.1, 0.15) is 0 Å². The maximum Gasteiger partial charge on any atom is 0.418 e. The van der Waals surface area contributed by atoms with Gasteiger partial charge in [0.15, 0.2) is 5.60 Å². The minimum absolute atomic E-state index is 0.242. The first-order chi connectivity index (χ1) is 9.21. The van der Waals surface area contributed by atoms with Crippen LogP contribution < -0.4 is 5.32 Å². The Hall–Kier alpha value is -0.820. The number of carbonyl (C=O) groups is 1. The van der Waals surface area contributed by atoms with Crippen molar-refractivity contribution in [1.82, 2.24) is 10.2 Å². The van der Waals surface area contributed by atoms with Crippen molar-refractivity contribution in [3.8, 4) is 0 Å². The van der Waals surface area contributed by atoms with Crippen LogP contribution in [0.15, 0.2) is 0 Å². The number of piperidine rings is 1. The van der Waals surface area contributed by atoms with Crippen LogP contribution in [0.5, 0.6) is 0 Å². The van der Waals surface area contributed by atoms with Gasteiger partial charge in [-0.1, -0.05) is 0 Å². The van der Waals surface area contributed by atoms with Crippen LogP contribution in [0.4, 0.5) is 13.2 Å². The molecule has 2 rings (SSSR count). The highest BCUT2D eigenvalue weighted by molar-refractivity contribution is 5.78. The van der Waals surface area contributed by atoms with Gasteiger partial charge < -0.3 is 15.3 Å². The summed E-state index contributed by atoms with van der Waals surface area (Å²) < 4.78 is 37.4. The number of nitrogens with one attached hydrogen (secondary N) is 1. The third-order valence-corrected chi connectivity index (χ3v) is 4.18. The third-order valence-electron chi connectivity index (χ3n) is 4.18. The SMILES string of the molecule is CC(O)(CNC(=O)C1CCN(C2CC2)CC1)C(F)(F)F. The summed E-state index contributed by atoms with van der Waals surface area (Å²) in [5, 5.41) is 11.5. The minimum atomic E-state index is -4.74. The highest BCUT2D eigenvalue weighted by Crippen LogP contribution is 2.31. The molecule has 1 atom stereocenters. The standard InChI is InChI=1S/C13H21F3N2O2/c1-12(20,13(14,15)16)8-17-11(19)9-4-6-18(7-5-9)10-2-3-10/h9-10,20H,2-8H2,1H3,(H,17,19). The minimum Gasteiger partial charge on any atom is -0.379 e. The van der Waals surface area contributed by atoms with E-state index in [4.69, 9.17) is 0 Å². The van der Waals surface area contributed by atoms with Crippen LogP contribution in [-0.4, -0.2) is 53.4 Å². The van der Waals surface area contributed by atoms with E-state index in [0.717, 1.165) is 13.1 Å². The Morgan fingerprint density at radius 2 is 1.80 bits per heavy atom. The predicted molar refractivity (Wildman–Crippen MR) is 67.0 cm³/mol. The summed E-state index contributed by atoms with van der Waals surface area (Å²) >= 11 is 0. The molecule has 20 heavy (non-hydrogen) atoms. The Balaban J connectivity index is 1.75. The van der Waals surface area contributed by atoms with E-state index in [1.807, 2.05) is 0 Å². The summed E-state index contributed by atoms with van der Waals surface area (Å²) in [6.45, 7) is 1.54. The molecule has 1 amide bonds. The van der Waals surface area contributed by atoms with E-state index >= 15 is 0 Å². The fraction of sp³-hybridized carbons (Fsp3) is 0.923. The number of hydrogen-bond acceptors (Lipinski definition) is 3. The first kappa shape index (κ1) is 15.6. The molecule has 0 aromatic rings. The van der Waals surface area contributed by atoms with Crippen molar-refractivity contribution in [2.75, 3.05) is 19.6 Å². The summed E-state index contributed by atoms with van der Waals surface area (Å²) in [6.07, 6.45) is -0.959. The van der Waals surface area contributed by atoms with Crippen LogP contribution in [0.25, 0.3) is 0 Å². The predicted octanol–water partition coefficient (Wildman–Crippen LogP) is 1.29. The van der Waals surface area contributed by atoms with Gasteiger partial charge in [-0.2, -0.15) is 13.2 Å². The van der Waals surface area contributed by atoms with Crippen molar-refractivity contribution in [2.45, 2.75) is 50.4 Å². The molecule has 1 saturated carbocycles. The van der Waals surface area contributed by atoms with Crippen LogP contribution in [0.3, 0.4) is 0 Å². The average Bonchev–Trinajstić information content (AvgIpc) is 3.19. The number of carbonyl (C=O) groups excluding carboxylic acids is 1. The van der Waals surface area contributed by atoms with Gasteiger partial charge in [0, 0.05) is 12.0 Å². The van der Waals surface area contributed by atoms with Crippen molar-refractivity contribution < 1.29 is 23.1 Å². The zero-order valence-corrected chi connectivity index (χ0v) is 11.5. The molecule has 4 nitrogen and oxygen atoms in total. The number of alkyl halides is 3. The second kappa shape index (κ2) is 5.52. The Labute approximate surface area is 116 Å². The number of nitrogens with zero attached hydrogens (tertiary/aromatic N) is 1. The molecule has 1 heterocycles. The normalized spacial score (nSPS) is 25.2. The van der Waals surface area contributed by atoms with E-state index in [9.17, 15) is 23.1 Å². The molecule has 0 radical (unpaired) electrons. The first-order valence-electron chi connectivity index (χ1n) is 7.01. The number of aliphatic hydroxyl groups is 1. The largest absolute Gasteiger partial charge is 0.418 e. The molecule has 7 heteroatoms. The number of amides is 1. The molecular weight excluding hydrogens is 273 g/mol. The van der Waals surface area contributed by atoms with E-state index in [0.29, 0.717) is 25.8 Å². The lowest BCUT2D eigenvalue weighted by Gasteiger charge is -2.32. The maximum atomic E-state index is 12.5. The number of halogens is 3. The zero-order valence-electron chi connectivity index (χ0n) is 11.5. The van der Waals surface area contributed by atoms with Crippen LogP contribution in [-0.2, 0) is 4.79 Å². The average molecular weight is 294 g/mol. The Kier molecular flexibility index (Phi) is 4.30. The Morgan fingerprint density at radius 1 is 1.25 bits per heavy atom.